The lowest BCUT2D eigenvalue weighted by Gasteiger charge is -2.33. The van der Waals surface area contributed by atoms with E-state index >= 15 is 0 Å². The minimum absolute atomic E-state index is 0.103. The van der Waals surface area contributed by atoms with E-state index in [1.54, 1.807) is 0 Å². The number of furan rings is 1. The van der Waals surface area contributed by atoms with Crippen molar-refractivity contribution >= 4 is 21.7 Å². The number of carbonyl (C=O) groups is 1. The molecule has 33 heavy (non-hydrogen) atoms. The molecule has 180 valence electrons. The van der Waals surface area contributed by atoms with Gasteiger partial charge in [0.05, 0.1) is 18.8 Å². The van der Waals surface area contributed by atoms with Crippen LogP contribution < -0.4 is 10.2 Å². The number of ether oxygens (including phenoxy) is 1. The number of morpholine rings is 1. The summed E-state index contributed by atoms with van der Waals surface area (Å²) in [5.41, 5.74) is -0.804. The number of sulfonamides is 1. The average Bonchev–Trinajstić information content (AvgIpc) is 3.31. The molecular weight excluding hydrogens is 465 g/mol. The summed E-state index contributed by atoms with van der Waals surface area (Å²) in [5.74, 6) is -0.185. The molecule has 0 spiro atoms. The van der Waals surface area contributed by atoms with Gasteiger partial charge in [0.2, 0.25) is 5.09 Å². The number of nitrogens with zero attached hydrogens (tertiary/aromatic N) is 3. The van der Waals surface area contributed by atoms with Crippen LogP contribution in [0.25, 0.3) is 0 Å². The Hall–Kier alpha value is -2.64. The summed E-state index contributed by atoms with van der Waals surface area (Å²) < 4.78 is 75.1. The maximum Gasteiger partial charge on any atom is 0.417 e. The molecule has 2 aliphatic rings. The average molecular weight is 488 g/mol. The number of rotatable bonds is 5. The SMILES string of the molecule is O=C(NC1CCN(c2ccc(C(F)(F)F)cn2)CC1)c1ccc(S(=O)(=O)N2CCOCC2)o1. The van der Waals surface area contributed by atoms with Crippen LogP contribution in [0.5, 0.6) is 0 Å². The number of alkyl halides is 3. The molecule has 2 aliphatic heterocycles. The zero-order valence-corrected chi connectivity index (χ0v) is 18.4. The summed E-state index contributed by atoms with van der Waals surface area (Å²) in [6.07, 6.45) is -2.53. The molecule has 2 aromatic rings. The second-order valence-electron chi connectivity index (χ2n) is 7.77. The molecule has 2 aromatic heterocycles. The largest absolute Gasteiger partial charge is 0.438 e. The Morgan fingerprint density at radius 1 is 1.06 bits per heavy atom. The lowest BCUT2D eigenvalue weighted by Crippen LogP contribution is -2.44. The predicted octanol–water partition coefficient (Wildman–Crippen LogP) is 2.11. The van der Waals surface area contributed by atoms with E-state index in [9.17, 15) is 26.4 Å². The van der Waals surface area contributed by atoms with Crippen molar-refractivity contribution in [3.05, 3.63) is 41.8 Å². The Labute approximate surface area is 188 Å². The van der Waals surface area contributed by atoms with Crippen molar-refractivity contribution in [3.8, 4) is 0 Å². The molecule has 1 N–H and O–H groups in total. The number of aromatic nitrogens is 1. The van der Waals surface area contributed by atoms with Crippen molar-refractivity contribution in [1.29, 1.82) is 0 Å². The molecule has 9 nitrogen and oxygen atoms in total. The Morgan fingerprint density at radius 2 is 1.76 bits per heavy atom. The lowest BCUT2D eigenvalue weighted by atomic mass is 10.0. The van der Waals surface area contributed by atoms with Gasteiger partial charge in [-0.25, -0.2) is 13.4 Å². The molecule has 0 aliphatic carbocycles. The smallest absolute Gasteiger partial charge is 0.417 e. The monoisotopic (exact) mass is 488 g/mol. The van der Waals surface area contributed by atoms with Crippen molar-refractivity contribution < 1.29 is 35.5 Å². The van der Waals surface area contributed by atoms with Crippen LogP contribution >= 0.6 is 0 Å². The highest BCUT2D eigenvalue weighted by molar-refractivity contribution is 7.89. The van der Waals surface area contributed by atoms with Crippen molar-refractivity contribution in [1.82, 2.24) is 14.6 Å². The molecule has 0 bridgehead atoms. The third kappa shape index (κ3) is 5.31. The van der Waals surface area contributed by atoms with Gasteiger partial charge in [-0.15, -0.1) is 0 Å². The number of hydrogen-bond acceptors (Lipinski definition) is 7. The lowest BCUT2D eigenvalue weighted by molar-refractivity contribution is -0.137. The molecule has 0 saturated carbocycles. The van der Waals surface area contributed by atoms with Crippen LogP contribution in [0.15, 0.2) is 40.0 Å². The van der Waals surface area contributed by atoms with Gasteiger partial charge in [0.1, 0.15) is 5.82 Å². The van der Waals surface area contributed by atoms with E-state index in [0.717, 1.165) is 12.3 Å². The van der Waals surface area contributed by atoms with Crippen LogP contribution in [-0.2, 0) is 20.9 Å². The van der Waals surface area contributed by atoms with Gasteiger partial charge in [0.15, 0.2) is 5.76 Å². The van der Waals surface area contributed by atoms with Crippen LogP contribution in [0.4, 0.5) is 19.0 Å². The molecule has 0 atom stereocenters. The van der Waals surface area contributed by atoms with Gasteiger partial charge in [-0.3, -0.25) is 4.79 Å². The maximum atomic E-state index is 12.7. The number of halogens is 3. The molecule has 0 unspecified atom stereocenters. The summed E-state index contributed by atoms with van der Waals surface area (Å²) in [4.78, 5) is 18.3. The Morgan fingerprint density at radius 3 is 2.36 bits per heavy atom. The first-order valence-corrected chi connectivity index (χ1v) is 11.9. The molecule has 2 fully saturated rings. The molecular formula is C20H23F3N4O5S. The Kier molecular flexibility index (Phi) is 6.64. The number of piperidine rings is 1. The van der Waals surface area contributed by atoms with E-state index in [2.05, 4.69) is 10.3 Å². The molecule has 0 radical (unpaired) electrons. The number of hydrogen-bond donors (Lipinski definition) is 1. The fraction of sp³-hybridized carbons (Fsp3) is 0.500. The van der Waals surface area contributed by atoms with Crippen LogP contribution in [-0.4, -0.2) is 69.0 Å². The quantitative estimate of drug-likeness (QED) is 0.687. The fourth-order valence-electron chi connectivity index (χ4n) is 3.75. The number of anilines is 1. The van der Waals surface area contributed by atoms with E-state index in [1.807, 2.05) is 4.90 Å². The first-order chi connectivity index (χ1) is 15.6. The van der Waals surface area contributed by atoms with E-state index in [0.29, 0.717) is 45.0 Å². The second-order valence-corrected chi connectivity index (χ2v) is 9.64. The standard InChI is InChI=1S/C20H23F3N4O5S/c21-20(22,23)14-1-3-17(24-13-14)26-7-5-15(6-8-26)25-19(28)16-2-4-18(32-16)33(29,30)27-9-11-31-12-10-27/h1-4,13,15H,5-12H2,(H,25,28). The van der Waals surface area contributed by atoms with Crippen molar-refractivity contribution in [2.45, 2.75) is 30.2 Å². The van der Waals surface area contributed by atoms with Gasteiger partial charge in [-0.1, -0.05) is 0 Å². The third-order valence-corrected chi connectivity index (χ3v) is 7.37. The van der Waals surface area contributed by atoms with Gasteiger partial charge in [-0.2, -0.15) is 17.5 Å². The van der Waals surface area contributed by atoms with Crippen molar-refractivity contribution in [2.75, 3.05) is 44.3 Å². The highest BCUT2D eigenvalue weighted by Crippen LogP contribution is 2.30. The first kappa shape index (κ1) is 23.5. The van der Waals surface area contributed by atoms with Gasteiger partial charge in [0.25, 0.3) is 15.9 Å². The van der Waals surface area contributed by atoms with Crippen molar-refractivity contribution in [3.63, 3.8) is 0 Å². The zero-order chi connectivity index (χ0) is 23.6. The topological polar surface area (TPSA) is 105 Å². The van der Waals surface area contributed by atoms with Gasteiger partial charge in [0, 0.05) is 38.4 Å². The first-order valence-electron chi connectivity index (χ1n) is 10.4. The highest BCUT2D eigenvalue weighted by atomic mass is 32.2. The highest BCUT2D eigenvalue weighted by Gasteiger charge is 2.32. The zero-order valence-electron chi connectivity index (χ0n) is 17.5. The van der Waals surface area contributed by atoms with Crippen molar-refractivity contribution in [2.24, 2.45) is 0 Å². The number of pyridine rings is 1. The normalized spacial score (nSPS) is 18.9. The van der Waals surface area contributed by atoms with Gasteiger partial charge < -0.3 is 19.4 Å². The maximum absolute atomic E-state index is 12.7. The fourth-order valence-corrected chi connectivity index (χ4v) is 5.06. The van der Waals surface area contributed by atoms with E-state index in [-0.39, 0.29) is 30.0 Å². The molecule has 1 amide bonds. The second kappa shape index (κ2) is 9.31. The third-order valence-electron chi connectivity index (χ3n) is 5.60. The summed E-state index contributed by atoms with van der Waals surface area (Å²) in [7, 11) is -3.84. The van der Waals surface area contributed by atoms with Crippen LogP contribution in [0.3, 0.4) is 0 Å². The number of carbonyl (C=O) groups excluding carboxylic acids is 1. The summed E-state index contributed by atoms with van der Waals surface area (Å²) in [6.45, 7) is 2.03. The Balaban J connectivity index is 1.31. The minimum atomic E-state index is -4.43. The molecule has 4 heterocycles. The van der Waals surface area contributed by atoms with E-state index in [4.69, 9.17) is 9.15 Å². The Bertz CT molecular complexity index is 1070. The molecule has 4 rings (SSSR count). The van der Waals surface area contributed by atoms with E-state index in [1.165, 1.54) is 22.5 Å². The summed E-state index contributed by atoms with van der Waals surface area (Å²) in [5, 5.41) is 2.53. The minimum Gasteiger partial charge on any atom is -0.438 e. The molecule has 0 aromatic carbocycles. The molecule has 2 saturated heterocycles. The van der Waals surface area contributed by atoms with Crippen LogP contribution in [0.2, 0.25) is 0 Å². The van der Waals surface area contributed by atoms with Gasteiger partial charge in [-0.05, 0) is 37.1 Å². The number of amides is 1. The van der Waals surface area contributed by atoms with Crippen LogP contribution in [0.1, 0.15) is 29.0 Å². The predicted molar refractivity (Wildman–Crippen MR) is 110 cm³/mol. The molecule has 13 heteroatoms. The summed E-state index contributed by atoms with van der Waals surface area (Å²) >= 11 is 0. The van der Waals surface area contributed by atoms with Crippen LogP contribution in [0, 0.1) is 0 Å². The van der Waals surface area contributed by atoms with Gasteiger partial charge >= 0.3 is 6.18 Å². The number of nitrogens with one attached hydrogen (secondary N) is 1. The summed E-state index contributed by atoms with van der Waals surface area (Å²) in [6, 6.07) is 4.73. The van der Waals surface area contributed by atoms with E-state index < -0.39 is 27.7 Å².